The fourth-order valence-corrected chi connectivity index (χ4v) is 1.79. The summed E-state index contributed by atoms with van der Waals surface area (Å²) >= 11 is 0. The molecule has 0 amide bonds. The van der Waals surface area contributed by atoms with Crippen LogP contribution >= 0.6 is 0 Å². The van der Waals surface area contributed by atoms with E-state index in [9.17, 15) is 0 Å². The van der Waals surface area contributed by atoms with Crippen LogP contribution in [0.2, 0.25) is 0 Å². The normalized spacial score (nSPS) is 22.2. The number of nitrogens with zero attached hydrogens (tertiary/aromatic N) is 2. The van der Waals surface area contributed by atoms with Crippen molar-refractivity contribution in [2.45, 2.75) is 13.3 Å². The predicted octanol–water partition coefficient (Wildman–Crippen LogP) is 1.51. The quantitative estimate of drug-likeness (QED) is 0.707. The van der Waals surface area contributed by atoms with Crippen molar-refractivity contribution >= 4 is 11.4 Å². The van der Waals surface area contributed by atoms with Gasteiger partial charge in [0.1, 0.15) is 0 Å². The molecule has 13 heavy (non-hydrogen) atoms. The molecule has 1 unspecified atom stereocenters. The number of nitrogen functional groups attached to an aromatic ring is 1. The Morgan fingerprint density at radius 2 is 2.38 bits per heavy atom. The van der Waals surface area contributed by atoms with Crippen LogP contribution in [0.5, 0.6) is 0 Å². The molecular formula is C10H15N3. The first kappa shape index (κ1) is 8.35. The molecule has 1 aliphatic rings. The maximum Gasteiger partial charge on any atom is 0.0573 e. The molecule has 2 N–H and O–H groups in total. The van der Waals surface area contributed by atoms with Gasteiger partial charge < -0.3 is 10.6 Å². The Labute approximate surface area is 78.6 Å². The van der Waals surface area contributed by atoms with Crippen LogP contribution < -0.4 is 10.6 Å². The lowest BCUT2D eigenvalue weighted by Crippen LogP contribution is -2.19. The van der Waals surface area contributed by atoms with E-state index in [0.29, 0.717) is 0 Å². The average Bonchev–Trinajstić information content (AvgIpc) is 2.52. The number of anilines is 2. The Hall–Kier alpha value is -1.25. The summed E-state index contributed by atoms with van der Waals surface area (Å²) in [4.78, 5) is 6.43. The second-order valence-corrected chi connectivity index (χ2v) is 3.82. The average molecular weight is 177 g/mol. The number of hydrogen-bond donors (Lipinski definition) is 1. The van der Waals surface area contributed by atoms with Crippen molar-refractivity contribution < 1.29 is 0 Å². The molecule has 0 aromatic carbocycles. The summed E-state index contributed by atoms with van der Waals surface area (Å²) in [5, 5.41) is 0. The van der Waals surface area contributed by atoms with E-state index in [-0.39, 0.29) is 0 Å². The van der Waals surface area contributed by atoms with Gasteiger partial charge in [-0.05, 0) is 18.4 Å². The van der Waals surface area contributed by atoms with E-state index in [1.54, 1.807) is 6.20 Å². The highest BCUT2D eigenvalue weighted by Crippen LogP contribution is 2.23. The fraction of sp³-hybridized carbons (Fsp3) is 0.500. The molecule has 1 aliphatic heterocycles. The zero-order valence-corrected chi connectivity index (χ0v) is 7.90. The molecule has 0 saturated carbocycles. The Morgan fingerprint density at radius 3 is 3.00 bits per heavy atom. The van der Waals surface area contributed by atoms with E-state index >= 15 is 0 Å². The standard InChI is InChI=1S/C10H15N3/c1-8-2-3-13(7-8)10-4-9(11)5-12-6-10/h4-6,8H,2-3,7,11H2,1H3. The second kappa shape index (κ2) is 3.24. The maximum atomic E-state index is 5.67. The highest BCUT2D eigenvalue weighted by atomic mass is 15.2. The molecule has 3 heteroatoms. The van der Waals surface area contributed by atoms with Crippen LogP contribution in [0.4, 0.5) is 11.4 Å². The minimum Gasteiger partial charge on any atom is -0.397 e. The van der Waals surface area contributed by atoms with Crippen molar-refractivity contribution in [1.29, 1.82) is 0 Å². The minimum atomic E-state index is 0.747. The van der Waals surface area contributed by atoms with Crippen LogP contribution in [0.25, 0.3) is 0 Å². The first-order valence-electron chi connectivity index (χ1n) is 4.71. The van der Waals surface area contributed by atoms with Crippen molar-refractivity contribution in [3.05, 3.63) is 18.5 Å². The number of hydrogen-bond acceptors (Lipinski definition) is 3. The zero-order valence-electron chi connectivity index (χ0n) is 7.90. The van der Waals surface area contributed by atoms with Crippen LogP contribution in [0, 0.1) is 5.92 Å². The van der Waals surface area contributed by atoms with Crippen LogP contribution in [0.15, 0.2) is 18.5 Å². The molecule has 1 saturated heterocycles. The molecule has 1 aromatic heterocycles. The molecular weight excluding hydrogens is 162 g/mol. The van der Waals surface area contributed by atoms with Crippen LogP contribution in [0.1, 0.15) is 13.3 Å². The zero-order chi connectivity index (χ0) is 9.26. The van der Waals surface area contributed by atoms with Gasteiger partial charge >= 0.3 is 0 Å². The first-order chi connectivity index (χ1) is 6.25. The lowest BCUT2D eigenvalue weighted by Gasteiger charge is -2.17. The smallest absolute Gasteiger partial charge is 0.0573 e. The van der Waals surface area contributed by atoms with Gasteiger partial charge in [-0.3, -0.25) is 4.98 Å². The molecule has 0 bridgehead atoms. The molecule has 2 rings (SSSR count). The largest absolute Gasteiger partial charge is 0.397 e. The lowest BCUT2D eigenvalue weighted by atomic mass is 10.2. The predicted molar refractivity (Wildman–Crippen MR) is 54.6 cm³/mol. The number of nitrogens with two attached hydrogens (primary N) is 1. The van der Waals surface area contributed by atoms with Crippen molar-refractivity contribution in [2.24, 2.45) is 5.92 Å². The third-order valence-corrected chi connectivity index (χ3v) is 2.53. The summed E-state index contributed by atoms with van der Waals surface area (Å²) in [5.74, 6) is 0.793. The molecule has 3 nitrogen and oxygen atoms in total. The summed E-state index contributed by atoms with van der Waals surface area (Å²) in [6, 6.07) is 1.99. The third kappa shape index (κ3) is 1.74. The van der Waals surface area contributed by atoms with Gasteiger partial charge in [-0.2, -0.15) is 0 Å². The van der Waals surface area contributed by atoms with Gasteiger partial charge in [0.15, 0.2) is 0 Å². The molecule has 1 fully saturated rings. The van der Waals surface area contributed by atoms with Crippen LogP contribution in [0.3, 0.4) is 0 Å². The minimum absolute atomic E-state index is 0.747. The maximum absolute atomic E-state index is 5.67. The van der Waals surface area contributed by atoms with Crippen molar-refractivity contribution in [1.82, 2.24) is 4.98 Å². The van der Waals surface area contributed by atoms with Crippen molar-refractivity contribution in [3.8, 4) is 0 Å². The number of rotatable bonds is 1. The summed E-state index contributed by atoms with van der Waals surface area (Å²) in [7, 11) is 0. The topological polar surface area (TPSA) is 42.2 Å². The Bertz CT molecular complexity index is 298. The van der Waals surface area contributed by atoms with E-state index < -0.39 is 0 Å². The van der Waals surface area contributed by atoms with E-state index in [0.717, 1.165) is 30.4 Å². The van der Waals surface area contributed by atoms with Gasteiger partial charge in [-0.1, -0.05) is 6.92 Å². The van der Waals surface area contributed by atoms with Gasteiger partial charge in [0.05, 0.1) is 17.6 Å². The molecule has 0 spiro atoms. The van der Waals surface area contributed by atoms with E-state index in [1.807, 2.05) is 12.3 Å². The molecule has 2 heterocycles. The van der Waals surface area contributed by atoms with E-state index in [2.05, 4.69) is 16.8 Å². The Morgan fingerprint density at radius 1 is 1.54 bits per heavy atom. The highest BCUT2D eigenvalue weighted by molar-refractivity contribution is 5.53. The van der Waals surface area contributed by atoms with Gasteiger partial charge in [-0.25, -0.2) is 0 Å². The Balaban J connectivity index is 2.16. The molecule has 0 aliphatic carbocycles. The molecule has 0 radical (unpaired) electrons. The van der Waals surface area contributed by atoms with Crippen LogP contribution in [-0.4, -0.2) is 18.1 Å². The summed E-state index contributed by atoms with van der Waals surface area (Å²) < 4.78 is 0. The molecule has 70 valence electrons. The molecule has 1 aromatic rings. The van der Waals surface area contributed by atoms with Crippen molar-refractivity contribution in [2.75, 3.05) is 23.7 Å². The third-order valence-electron chi connectivity index (χ3n) is 2.53. The highest BCUT2D eigenvalue weighted by Gasteiger charge is 2.18. The Kier molecular flexibility index (Phi) is 2.08. The SMILES string of the molecule is CC1CCN(c2cncc(N)c2)C1. The summed E-state index contributed by atoms with van der Waals surface area (Å²) in [6.07, 6.45) is 4.84. The van der Waals surface area contributed by atoms with Gasteiger partial charge in [0.2, 0.25) is 0 Å². The molecule has 1 atom stereocenters. The summed E-state index contributed by atoms with van der Waals surface area (Å²) in [5.41, 5.74) is 7.58. The number of aromatic nitrogens is 1. The number of pyridine rings is 1. The summed E-state index contributed by atoms with van der Waals surface area (Å²) in [6.45, 7) is 4.54. The van der Waals surface area contributed by atoms with E-state index in [4.69, 9.17) is 5.73 Å². The first-order valence-corrected chi connectivity index (χ1v) is 4.71. The van der Waals surface area contributed by atoms with Gasteiger partial charge in [0.25, 0.3) is 0 Å². The lowest BCUT2D eigenvalue weighted by molar-refractivity contribution is 0.659. The second-order valence-electron chi connectivity index (χ2n) is 3.82. The van der Waals surface area contributed by atoms with Crippen molar-refractivity contribution in [3.63, 3.8) is 0 Å². The fourth-order valence-electron chi connectivity index (χ4n) is 1.79. The van der Waals surface area contributed by atoms with Gasteiger partial charge in [-0.15, -0.1) is 0 Å². The van der Waals surface area contributed by atoms with E-state index in [1.165, 1.54) is 6.42 Å². The van der Waals surface area contributed by atoms with Gasteiger partial charge in [0, 0.05) is 19.3 Å². The van der Waals surface area contributed by atoms with Crippen LogP contribution in [-0.2, 0) is 0 Å². The monoisotopic (exact) mass is 177 g/mol.